The minimum atomic E-state index is 0.0934. The van der Waals surface area contributed by atoms with Crippen molar-refractivity contribution in [3.8, 4) is 0 Å². The molecule has 2 N–H and O–H groups in total. The van der Waals surface area contributed by atoms with Gasteiger partial charge in [-0.25, -0.2) is 0 Å². The molecule has 5 heteroatoms. The average Bonchev–Trinajstić information content (AvgIpc) is 2.33. The van der Waals surface area contributed by atoms with Crippen molar-refractivity contribution in [1.29, 1.82) is 0 Å². The largest absolute Gasteiger partial charge is 0.357 e. The van der Waals surface area contributed by atoms with Gasteiger partial charge in [0.15, 0.2) is 0 Å². The van der Waals surface area contributed by atoms with Crippen LogP contribution in [0.2, 0.25) is 0 Å². The highest BCUT2D eigenvalue weighted by Gasteiger charge is 2.28. The molecule has 1 aromatic rings. The van der Waals surface area contributed by atoms with Gasteiger partial charge in [0.2, 0.25) is 5.91 Å². The first kappa shape index (κ1) is 12.4. The zero-order valence-electron chi connectivity index (χ0n) is 9.98. The van der Waals surface area contributed by atoms with Gasteiger partial charge in [-0.05, 0) is 25.1 Å². The van der Waals surface area contributed by atoms with Crippen LogP contribution in [-0.4, -0.2) is 32.1 Å². The van der Waals surface area contributed by atoms with E-state index in [1.54, 1.807) is 11.9 Å². The maximum atomic E-state index is 11.9. The van der Waals surface area contributed by atoms with Gasteiger partial charge in [0.25, 0.3) is 0 Å². The molecular formula is C12H16BrN3O. The van der Waals surface area contributed by atoms with E-state index in [4.69, 9.17) is 5.73 Å². The van der Waals surface area contributed by atoms with Crippen LogP contribution in [0.5, 0.6) is 0 Å². The smallest absolute Gasteiger partial charge is 0.246 e. The van der Waals surface area contributed by atoms with Crippen molar-refractivity contribution in [2.45, 2.75) is 13.0 Å². The van der Waals surface area contributed by atoms with Crippen molar-refractivity contribution in [3.05, 3.63) is 22.7 Å². The third kappa shape index (κ3) is 2.17. The molecular weight excluding hydrogens is 282 g/mol. The van der Waals surface area contributed by atoms with E-state index in [-0.39, 0.29) is 11.9 Å². The number of nitrogens with zero attached hydrogens (tertiary/aromatic N) is 2. The lowest BCUT2D eigenvalue weighted by atomic mass is 10.1. The number of carbonyl (C=O) groups is 1. The summed E-state index contributed by atoms with van der Waals surface area (Å²) in [6.45, 7) is 2.96. The number of halogens is 1. The number of likely N-dealkylation sites (N-methyl/N-ethyl adjacent to an activating group) is 1. The summed E-state index contributed by atoms with van der Waals surface area (Å²) >= 11 is 3.43. The van der Waals surface area contributed by atoms with E-state index in [2.05, 4.69) is 20.8 Å². The lowest BCUT2D eigenvalue weighted by Crippen LogP contribution is -2.49. The van der Waals surface area contributed by atoms with E-state index in [0.717, 1.165) is 15.8 Å². The molecule has 0 saturated heterocycles. The van der Waals surface area contributed by atoms with E-state index in [0.29, 0.717) is 13.1 Å². The Morgan fingerprint density at radius 1 is 1.47 bits per heavy atom. The molecule has 1 amide bonds. The number of amides is 1. The Labute approximate surface area is 110 Å². The summed E-state index contributed by atoms with van der Waals surface area (Å²) in [5, 5.41) is 0. The van der Waals surface area contributed by atoms with Gasteiger partial charge in [-0.1, -0.05) is 15.9 Å². The van der Waals surface area contributed by atoms with Crippen LogP contribution in [0.25, 0.3) is 0 Å². The Morgan fingerprint density at radius 2 is 2.18 bits per heavy atom. The van der Waals surface area contributed by atoms with Crippen LogP contribution in [0.1, 0.15) is 6.92 Å². The molecule has 0 aliphatic carbocycles. The Kier molecular flexibility index (Phi) is 3.40. The first-order valence-corrected chi connectivity index (χ1v) is 6.36. The van der Waals surface area contributed by atoms with Gasteiger partial charge < -0.3 is 15.5 Å². The molecule has 1 heterocycles. The zero-order valence-corrected chi connectivity index (χ0v) is 11.6. The van der Waals surface area contributed by atoms with Gasteiger partial charge in [0.05, 0.1) is 17.9 Å². The summed E-state index contributed by atoms with van der Waals surface area (Å²) in [4.78, 5) is 15.7. The van der Waals surface area contributed by atoms with E-state index in [1.165, 1.54) is 0 Å². The fourth-order valence-corrected chi connectivity index (χ4v) is 2.35. The standard InChI is InChI=1S/C12H16BrN3O/c1-8(6-14)16-7-12(17)15(2)11-5-9(13)3-4-10(11)16/h3-5,8H,6-7,14H2,1-2H3. The van der Waals surface area contributed by atoms with E-state index in [9.17, 15) is 4.79 Å². The van der Waals surface area contributed by atoms with Crippen LogP contribution in [0.3, 0.4) is 0 Å². The quantitative estimate of drug-likeness (QED) is 0.902. The first-order valence-electron chi connectivity index (χ1n) is 5.57. The first-order chi connectivity index (χ1) is 8.04. The van der Waals surface area contributed by atoms with Crippen molar-refractivity contribution in [2.24, 2.45) is 5.73 Å². The van der Waals surface area contributed by atoms with Gasteiger partial charge in [0.1, 0.15) is 0 Å². The highest BCUT2D eigenvalue weighted by atomic mass is 79.9. The predicted octanol–water partition coefficient (Wildman–Crippen LogP) is 1.58. The Bertz CT molecular complexity index is 449. The molecule has 0 bridgehead atoms. The van der Waals surface area contributed by atoms with Gasteiger partial charge >= 0.3 is 0 Å². The number of nitrogens with two attached hydrogens (primary N) is 1. The maximum Gasteiger partial charge on any atom is 0.246 e. The topological polar surface area (TPSA) is 49.6 Å². The van der Waals surface area contributed by atoms with Crippen molar-refractivity contribution < 1.29 is 4.79 Å². The molecule has 0 aromatic heterocycles. The fourth-order valence-electron chi connectivity index (χ4n) is 2.00. The van der Waals surface area contributed by atoms with Crippen LogP contribution in [0.4, 0.5) is 11.4 Å². The number of hydrogen-bond donors (Lipinski definition) is 1. The monoisotopic (exact) mass is 297 g/mol. The number of rotatable bonds is 2. The molecule has 0 saturated carbocycles. The SMILES string of the molecule is CC(CN)N1CC(=O)N(C)c2cc(Br)ccc21. The second-order valence-electron chi connectivity index (χ2n) is 4.30. The third-order valence-corrected chi connectivity index (χ3v) is 3.65. The molecule has 92 valence electrons. The van der Waals surface area contributed by atoms with Crippen molar-refractivity contribution in [3.63, 3.8) is 0 Å². The maximum absolute atomic E-state index is 11.9. The Morgan fingerprint density at radius 3 is 2.82 bits per heavy atom. The second kappa shape index (κ2) is 4.66. The van der Waals surface area contributed by atoms with Crippen LogP contribution >= 0.6 is 15.9 Å². The summed E-state index contributed by atoms with van der Waals surface area (Å²) in [7, 11) is 1.80. The van der Waals surface area contributed by atoms with Gasteiger partial charge in [-0.15, -0.1) is 0 Å². The summed E-state index contributed by atoms with van der Waals surface area (Å²) in [6.07, 6.45) is 0. The molecule has 1 aliphatic rings. The molecule has 0 radical (unpaired) electrons. The molecule has 0 spiro atoms. The summed E-state index contributed by atoms with van der Waals surface area (Å²) in [5.41, 5.74) is 7.68. The lowest BCUT2D eigenvalue weighted by molar-refractivity contribution is -0.117. The third-order valence-electron chi connectivity index (χ3n) is 3.16. The molecule has 1 unspecified atom stereocenters. The van der Waals surface area contributed by atoms with Crippen molar-refractivity contribution in [1.82, 2.24) is 0 Å². The molecule has 1 aromatic carbocycles. The molecule has 17 heavy (non-hydrogen) atoms. The number of hydrogen-bond acceptors (Lipinski definition) is 3. The Balaban J connectivity index is 2.49. The molecule has 2 rings (SSSR count). The number of anilines is 2. The van der Waals surface area contributed by atoms with Crippen molar-refractivity contribution in [2.75, 3.05) is 29.9 Å². The summed E-state index contributed by atoms with van der Waals surface area (Å²) in [5.74, 6) is 0.0934. The minimum Gasteiger partial charge on any atom is -0.357 e. The molecule has 4 nitrogen and oxygen atoms in total. The van der Waals surface area contributed by atoms with E-state index >= 15 is 0 Å². The van der Waals surface area contributed by atoms with Gasteiger partial charge in [0, 0.05) is 24.1 Å². The van der Waals surface area contributed by atoms with Crippen LogP contribution in [-0.2, 0) is 4.79 Å². The van der Waals surface area contributed by atoms with Gasteiger partial charge in [-0.3, -0.25) is 4.79 Å². The van der Waals surface area contributed by atoms with Crippen LogP contribution in [0, 0.1) is 0 Å². The molecule has 1 aliphatic heterocycles. The normalized spacial score (nSPS) is 17.1. The average molecular weight is 298 g/mol. The summed E-state index contributed by atoms with van der Waals surface area (Å²) in [6, 6.07) is 6.13. The van der Waals surface area contributed by atoms with E-state index < -0.39 is 0 Å². The Hall–Kier alpha value is -1.07. The number of carbonyl (C=O) groups excluding carboxylic acids is 1. The van der Waals surface area contributed by atoms with Crippen molar-refractivity contribution >= 4 is 33.2 Å². The highest BCUT2D eigenvalue weighted by Crippen LogP contribution is 2.35. The highest BCUT2D eigenvalue weighted by molar-refractivity contribution is 9.10. The molecule has 0 fully saturated rings. The van der Waals surface area contributed by atoms with Crippen LogP contribution < -0.4 is 15.5 Å². The molecule has 1 atom stereocenters. The van der Waals surface area contributed by atoms with Gasteiger partial charge in [-0.2, -0.15) is 0 Å². The second-order valence-corrected chi connectivity index (χ2v) is 5.21. The summed E-state index contributed by atoms with van der Waals surface area (Å²) < 4.78 is 0.971. The van der Waals surface area contributed by atoms with Crippen LogP contribution in [0.15, 0.2) is 22.7 Å². The number of fused-ring (bicyclic) bond motifs is 1. The van der Waals surface area contributed by atoms with E-state index in [1.807, 2.05) is 25.1 Å². The lowest BCUT2D eigenvalue weighted by Gasteiger charge is -2.38. The zero-order chi connectivity index (χ0) is 12.6. The fraction of sp³-hybridized carbons (Fsp3) is 0.417. The number of benzene rings is 1. The minimum absolute atomic E-state index is 0.0934. The predicted molar refractivity (Wildman–Crippen MR) is 73.4 cm³/mol.